The lowest BCUT2D eigenvalue weighted by atomic mass is 10.2. The quantitative estimate of drug-likeness (QED) is 0.386. The van der Waals surface area contributed by atoms with Gasteiger partial charge < -0.3 is 15.5 Å². The smallest absolute Gasteiger partial charge is 0.347 e. The third-order valence-electron chi connectivity index (χ3n) is 2.86. The molecule has 2 aromatic carbocycles. The van der Waals surface area contributed by atoms with Crippen molar-refractivity contribution >= 4 is 46.3 Å². The Hall–Kier alpha value is -2.46. The topological polar surface area (TPSA) is 60.6 Å². The number of benzene rings is 2. The number of nitrogens with zero attached hydrogens (tertiary/aromatic N) is 1. The van der Waals surface area contributed by atoms with Gasteiger partial charge in [0.1, 0.15) is 17.2 Å². The first-order valence-corrected chi connectivity index (χ1v) is 7.44. The molecule has 0 amide bonds. The number of carbonyl (C=O) groups excluding carboxylic acids is 1. The minimum absolute atomic E-state index is 0.00730. The molecule has 0 aliphatic carbocycles. The average molecular weight is 344 g/mol. The van der Waals surface area contributed by atoms with E-state index in [0.29, 0.717) is 10.7 Å². The van der Waals surface area contributed by atoms with E-state index in [-0.39, 0.29) is 17.2 Å². The number of anilines is 1. The summed E-state index contributed by atoms with van der Waals surface area (Å²) in [6.07, 6.45) is 0. The number of rotatable bonds is 5. The molecular formula is C17H12ClN2O2S-. The molecule has 0 spiro atoms. The van der Waals surface area contributed by atoms with Gasteiger partial charge in [-0.05, 0) is 29.8 Å². The summed E-state index contributed by atoms with van der Waals surface area (Å²) in [5.74, 6) is 1.02. The Balaban J connectivity index is 1.98. The maximum Gasteiger partial charge on any atom is 0.347 e. The first-order valence-electron chi connectivity index (χ1n) is 6.65. The molecule has 0 unspecified atom stereocenters. The zero-order valence-corrected chi connectivity index (χ0v) is 13.5. The lowest BCUT2D eigenvalue weighted by molar-refractivity contribution is -0.139. The van der Waals surface area contributed by atoms with E-state index >= 15 is 0 Å². The Kier molecular flexibility index (Phi) is 6.06. The van der Waals surface area contributed by atoms with Crippen LogP contribution in [0.15, 0.2) is 60.2 Å². The second-order valence-corrected chi connectivity index (χ2v) is 5.35. The van der Waals surface area contributed by atoms with Crippen LogP contribution >= 0.6 is 23.8 Å². The molecule has 4 nitrogen and oxygen atoms in total. The number of halogens is 1. The molecule has 0 saturated heterocycles. The van der Waals surface area contributed by atoms with Gasteiger partial charge >= 0.3 is 5.97 Å². The molecule has 0 heterocycles. The van der Waals surface area contributed by atoms with Crippen LogP contribution in [0.5, 0.6) is 0 Å². The van der Waals surface area contributed by atoms with Crippen LogP contribution < -0.4 is 5.32 Å². The molecule has 2 rings (SSSR count). The molecule has 0 atom stereocenters. The van der Waals surface area contributed by atoms with Crippen LogP contribution in [0, 0.1) is 0 Å². The zero-order valence-electron chi connectivity index (χ0n) is 12.0. The van der Waals surface area contributed by atoms with Crippen LogP contribution in [0.25, 0.3) is 5.41 Å². The van der Waals surface area contributed by atoms with Crippen LogP contribution in [0.3, 0.4) is 0 Å². The lowest BCUT2D eigenvalue weighted by Gasteiger charge is -2.11. The van der Waals surface area contributed by atoms with Crippen molar-refractivity contribution in [3.05, 3.63) is 76.2 Å². The molecule has 6 heteroatoms. The van der Waals surface area contributed by atoms with Crippen molar-refractivity contribution in [3.63, 3.8) is 0 Å². The largest absolute Gasteiger partial charge is 0.762 e. The Morgan fingerprint density at radius 1 is 1.17 bits per heavy atom. The second-order valence-electron chi connectivity index (χ2n) is 4.51. The molecule has 0 fully saturated rings. The summed E-state index contributed by atoms with van der Waals surface area (Å²) in [6.45, 7) is 0.0778. The van der Waals surface area contributed by atoms with Gasteiger partial charge in [-0.25, -0.2) is 4.79 Å². The Morgan fingerprint density at radius 3 is 2.43 bits per heavy atom. The predicted octanol–water partition coefficient (Wildman–Crippen LogP) is 3.99. The molecule has 0 aliphatic heterocycles. The van der Waals surface area contributed by atoms with E-state index in [0.717, 1.165) is 5.56 Å². The van der Waals surface area contributed by atoms with Gasteiger partial charge in [0, 0.05) is 10.7 Å². The molecule has 2 aromatic rings. The minimum atomic E-state index is -0.761. The average Bonchev–Trinajstić information content (AvgIpc) is 2.57. The highest BCUT2D eigenvalue weighted by molar-refractivity contribution is 7.81. The number of nitrogens with one attached hydrogen (secondary N) is 1. The monoisotopic (exact) mass is 343 g/mol. The maximum atomic E-state index is 12.0. The number of thiocarbonyl (C=S) groups is 1. The van der Waals surface area contributed by atoms with Crippen molar-refractivity contribution in [3.8, 4) is 0 Å². The van der Waals surface area contributed by atoms with Gasteiger partial charge in [-0.1, -0.05) is 54.2 Å². The first-order chi connectivity index (χ1) is 11.1. The molecule has 23 heavy (non-hydrogen) atoms. The van der Waals surface area contributed by atoms with Crippen LogP contribution in [0.2, 0.25) is 5.02 Å². The Bertz CT molecular complexity index is 754. The molecule has 0 radical (unpaired) electrons. The molecule has 0 aliphatic rings. The molecule has 0 saturated carbocycles. The molecule has 0 aromatic heterocycles. The van der Waals surface area contributed by atoms with Crippen molar-refractivity contribution in [2.75, 3.05) is 5.32 Å². The van der Waals surface area contributed by atoms with Crippen molar-refractivity contribution in [2.45, 2.75) is 6.61 Å². The number of esters is 1. The van der Waals surface area contributed by atoms with E-state index in [1.54, 1.807) is 30.1 Å². The molecule has 116 valence electrons. The molecule has 1 N–H and O–H groups in total. The molecular weight excluding hydrogens is 332 g/mol. The normalized spacial score (nSPS) is 9.61. The minimum Gasteiger partial charge on any atom is -0.762 e. The Labute approximate surface area is 144 Å². The highest BCUT2D eigenvalue weighted by Gasteiger charge is 2.15. The van der Waals surface area contributed by atoms with E-state index in [4.69, 9.17) is 34.0 Å². The standard InChI is InChI=1S/C17H12ClN2O2S/c18-13-6-8-14(9-7-13)20-16(23)15(10-19)17(21)22-11-12-4-2-1-3-5-12/h1-9H,11H2,(H,20,23)/q-1. The van der Waals surface area contributed by atoms with Gasteiger partial charge in [-0.3, -0.25) is 5.87 Å². The van der Waals surface area contributed by atoms with Gasteiger partial charge in [-0.15, -0.1) is 0 Å². The van der Waals surface area contributed by atoms with Crippen LogP contribution in [-0.4, -0.2) is 16.8 Å². The maximum absolute atomic E-state index is 12.0. The van der Waals surface area contributed by atoms with E-state index in [2.05, 4.69) is 5.32 Å². The van der Waals surface area contributed by atoms with Gasteiger partial charge in [0.2, 0.25) is 0 Å². The van der Waals surface area contributed by atoms with E-state index in [1.807, 2.05) is 30.3 Å². The van der Waals surface area contributed by atoms with Gasteiger partial charge in [0.25, 0.3) is 0 Å². The summed E-state index contributed by atoms with van der Waals surface area (Å²) >= 11 is 10.9. The highest BCUT2D eigenvalue weighted by Crippen LogP contribution is 2.15. The fourth-order valence-corrected chi connectivity index (χ4v) is 2.08. The number of hydrogen-bond acceptors (Lipinski definition) is 3. The Morgan fingerprint density at radius 2 is 1.83 bits per heavy atom. The third-order valence-corrected chi connectivity index (χ3v) is 3.42. The van der Waals surface area contributed by atoms with Gasteiger partial charge in [0.05, 0.1) is 0 Å². The van der Waals surface area contributed by atoms with Crippen LogP contribution in [0.4, 0.5) is 5.69 Å². The number of ether oxygens (including phenoxy) is 1. The third kappa shape index (κ3) is 5.04. The summed E-state index contributed by atoms with van der Waals surface area (Å²) in [7, 11) is 0. The summed E-state index contributed by atoms with van der Waals surface area (Å²) in [5.41, 5.74) is 1.21. The van der Waals surface area contributed by atoms with Crippen molar-refractivity contribution < 1.29 is 9.53 Å². The first kappa shape index (κ1) is 16.9. The SMILES string of the molecule is [N-]=C=C(C(=O)OCc1ccccc1)C(=S)Nc1ccc(Cl)cc1. The second kappa shape index (κ2) is 8.25. The van der Waals surface area contributed by atoms with E-state index in [9.17, 15) is 4.79 Å². The van der Waals surface area contributed by atoms with Crippen molar-refractivity contribution in [1.29, 1.82) is 0 Å². The number of carbonyl (C=O) groups is 1. The summed E-state index contributed by atoms with van der Waals surface area (Å²) in [6, 6.07) is 15.9. The van der Waals surface area contributed by atoms with E-state index in [1.165, 1.54) is 0 Å². The highest BCUT2D eigenvalue weighted by atomic mass is 35.5. The van der Waals surface area contributed by atoms with Crippen LogP contribution in [0.1, 0.15) is 5.56 Å². The summed E-state index contributed by atoms with van der Waals surface area (Å²) in [4.78, 5) is 12.0. The van der Waals surface area contributed by atoms with E-state index < -0.39 is 5.97 Å². The fourth-order valence-electron chi connectivity index (χ4n) is 1.71. The van der Waals surface area contributed by atoms with Crippen molar-refractivity contribution in [2.24, 2.45) is 0 Å². The van der Waals surface area contributed by atoms with Gasteiger partial charge in [-0.2, -0.15) is 0 Å². The lowest BCUT2D eigenvalue weighted by Crippen LogP contribution is -2.21. The van der Waals surface area contributed by atoms with Crippen LogP contribution in [-0.2, 0) is 16.1 Å². The molecule has 0 bridgehead atoms. The summed E-state index contributed by atoms with van der Waals surface area (Å²) < 4.78 is 5.11. The fraction of sp³-hybridized carbons (Fsp3) is 0.0588. The summed E-state index contributed by atoms with van der Waals surface area (Å²) in [5, 5.41) is 12.5. The number of hydrogen-bond donors (Lipinski definition) is 1. The van der Waals surface area contributed by atoms with Gasteiger partial charge in [0.15, 0.2) is 0 Å². The van der Waals surface area contributed by atoms with Crippen molar-refractivity contribution in [1.82, 2.24) is 0 Å². The zero-order chi connectivity index (χ0) is 16.7. The predicted molar refractivity (Wildman–Crippen MR) is 95.8 cm³/mol.